The highest BCUT2D eigenvalue weighted by atomic mass is 16.9. The minimum atomic E-state index is -1.03. The van der Waals surface area contributed by atoms with Gasteiger partial charge >= 0.3 is 5.97 Å². The summed E-state index contributed by atoms with van der Waals surface area (Å²) in [6, 6.07) is 0. The molecule has 0 amide bonds. The average molecular weight is 318 g/mol. The molecule has 3 fully saturated rings. The van der Waals surface area contributed by atoms with Crippen LogP contribution in [0.3, 0.4) is 0 Å². The first-order chi connectivity index (χ1) is 10.2. The van der Waals surface area contributed by atoms with Gasteiger partial charge in [0.25, 0.3) is 0 Å². The predicted octanol–water partition coefficient (Wildman–Crippen LogP) is 0.484. The van der Waals surface area contributed by atoms with Gasteiger partial charge in [-0.25, -0.2) is 4.79 Å². The lowest BCUT2D eigenvalue weighted by molar-refractivity contribution is -0.243. The van der Waals surface area contributed by atoms with Crippen LogP contribution in [0.25, 0.3) is 0 Å². The highest BCUT2D eigenvalue weighted by molar-refractivity contribution is 5.67. The molecule has 5 unspecified atom stereocenters. The Balaban J connectivity index is 1.73. The zero-order valence-electron chi connectivity index (χ0n) is 13.1. The van der Waals surface area contributed by atoms with Gasteiger partial charge in [-0.3, -0.25) is 0 Å². The molecule has 3 aliphatic heterocycles. The molecule has 5 atom stereocenters. The van der Waals surface area contributed by atoms with Gasteiger partial charge in [0.1, 0.15) is 31.0 Å². The maximum absolute atomic E-state index is 10.6. The molecule has 0 aliphatic carbocycles. The largest absolute Gasteiger partial charge is 0.480 e. The Kier molecular flexibility index (Phi) is 3.95. The molecule has 22 heavy (non-hydrogen) atoms. The van der Waals surface area contributed by atoms with Crippen LogP contribution in [-0.2, 0) is 33.2 Å². The molecule has 3 saturated heterocycles. The van der Waals surface area contributed by atoms with Gasteiger partial charge in [0.15, 0.2) is 17.9 Å². The molecule has 0 spiro atoms. The Labute approximate surface area is 128 Å². The fourth-order valence-electron chi connectivity index (χ4n) is 3.09. The zero-order valence-corrected chi connectivity index (χ0v) is 13.1. The molecular formula is C14H22O8. The standard InChI is InChI=1S/C14H22O8/c1-13(2)19-9-7(5-17-6-8(15)16)18-12-11(10(9)20-13)21-14(3,4)22-12/h7,9-12H,5-6H2,1-4H3,(H,15,16). The van der Waals surface area contributed by atoms with Gasteiger partial charge in [0, 0.05) is 0 Å². The number of carboxylic acid groups (broad SMARTS) is 1. The molecule has 0 aromatic heterocycles. The van der Waals surface area contributed by atoms with Crippen molar-refractivity contribution >= 4 is 5.97 Å². The quantitative estimate of drug-likeness (QED) is 0.800. The highest BCUT2D eigenvalue weighted by Crippen LogP contribution is 2.44. The summed E-state index contributed by atoms with van der Waals surface area (Å²) in [6.45, 7) is 6.94. The second-order valence-corrected chi connectivity index (χ2v) is 6.62. The number of ether oxygens (including phenoxy) is 6. The van der Waals surface area contributed by atoms with Gasteiger partial charge in [-0.05, 0) is 27.7 Å². The fraction of sp³-hybridized carbons (Fsp3) is 0.929. The number of carbonyl (C=O) groups is 1. The number of hydrogen-bond acceptors (Lipinski definition) is 7. The van der Waals surface area contributed by atoms with Crippen LogP contribution in [0.2, 0.25) is 0 Å². The van der Waals surface area contributed by atoms with Gasteiger partial charge in [0.2, 0.25) is 0 Å². The van der Waals surface area contributed by atoms with Gasteiger partial charge in [0.05, 0.1) is 6.61 Å². The lowest BCUT2D eigenvalue weighted by Gasteiger charge is -2.37. The molecule has 126 valence electrons. The number of rotatable bonds is 4. The molecular weight excluding hydrogens is 296 g/mol. The Morgan fingerprint density at radius 1 is 1.00 bits per heavy atom. The van der Waals surface area contributed by atoms with E-state index < -0.39 is 48.8 Å². The van der Waals surface area contributed by atoms with Crippen molar-refractivity contribution in [3.8, 4) is 0 Å². The van der Waals surface area contributed by atoms with Crippen LogP contribution in [0.15, 0.2) is 0 Å². The van der Waals surface area contributed by atoms with Crippen molar-refractivity contribution < 1.29 is 38.3 Å². The number of carboxylic acids is 1. The van der Waals surface area contributed by atoms with E-state index in [0.717, 1.165) is 0 Å². The summed E-state index contributed by atoms with van der Waals surface area (Å²) in [5.41, 5.74) is 0. The van der Waals surface area contributed by atoms with E-state index in [1.807, 2.05) is 13.8 Å². The Bertz CT molecular complexity index is 448. The van der Waals surface area contributed by atoms with Crippen molar-refractivity contribution in [3.63, 3.8) is 0 Å². The summed E-state index contributed by atoms with van der Waals surface area (Å²) in [4.78, 5) is 10.6. The van der Waals surface area contributed by atoms with Gasteiger partial charge in [-0.15, -0.1) is 0 Å². The maximum atomic E-state index is 10.6. The second kappa shape index (κ2) is 5.40. The third kappa shape index (κ3) is 3.12. The smallest absolute Gasteiger partial charge is 0.329 e. The Hall–Kier alpha value is -0.770. The molecule has 0 aromatic carbocycles. The first-order valence-corrected chi connectivity index (χ1v) is 7.33. The molecule has 0 aromatic rings. The van der Waals surface area contributed by atoms with Crippen LogP contribution in [0.1, 0.15) is 27.7 Å². The summed E-state index contributed by atoms with van der Waals surface area (Å²) in [5, 5.41) is 8.67. The summed E-state index contributed by atoms with van der Waals surface area (Å²) < 4.78 is 34.4. The Morgan fingerprint density at radius 3 is 2.27 bits per heavy atom. The second-order valence-electron chi connectivity index (χ2n) is 6.62. The lowest BCUT2D eigenvalue weighted by atomic mass is 9.99. The van der Waals surface area contributed by atoms with E-state index in [9.17, 15) is 4.79 Å². The first-order valence-electron chi connectivity index (χ1n) is 7.33. The van der Waals surface area contributed by atoms with Crippen LogP contribution in [0, 0.1) is 0 Å². The summed E-state index contributed by atoms with van der Waals surface area (Å²) in [7, 11) is 0. The third-order valence-electron chi connectivity index (χ3n) is 3.76. The number of fused-ring (bicyclic) bond motifs is 3. The molecule has 0 radical (unpaired) electrons. The van der Waals surface area contributed by atoms with Crippen molar-refractivity contribution in [2.45, 2.75) is 70.0 Å². The van der Waals surface area contributed by atoms with Crippen LogP contribution in [0.5, 0.6) is 0 Å². The van der Waals surface area contributed by atoms with Crippen molar-refractivity contribution in [3.05, 3.63) is 0 Å². The normalized spacial score (nSPS) is 41.9. The van der Waals surface area contributed by atoms with Gasteiger partial charge in [-0.2, -0.15) is 0 Å². The van der Waals surface area contributed by atoms with Crippen molar-refractivity contribution in [2.75, 3.05) is 13.2 Å². The van der Waals surface area contributed by atoms with Crippen molar-refractivity contribution in [1.82, 2.24) is 0 Å². The molecule has 0 bridgehead atoms. The van der Waals surface area contributed by atoms with E-state index in [2.05, 4.69) is 0 Å². The van der Waals surface area contributed by atoms with Gasteiger partial charge < -0.3 is 33.5 Å². The minimum Gasteiger partial charge on any atom is -0.480 e. The highest BCUT2D eigenvalue weighted by Gasteiger charge is 2.60. The van der Waals surface area contributed by atoms with Crippen molar-refractivity contribution in [2.24, 2.45) is 0 Å². The van der Waals surface area contributed by atoms with Crippen LogP contribution in [0.4, 0.5) is 0 Å². The average Bonchev–Trinajstić information content (AvgIpc) is 2.83. The molecule has 3 aliphatic rings. The van der Waals surface area contributed by atoms with E-state index in [1.165, 1.54) is 0 Å². The number of hydrogen-bond donors (Lipinski definition) is 1. The van der Waals surface area contributed by atoms with E-state index in [4.69, 9.17) is 33.5 Å². The van der Waals surface area contributed by atoms with E-state index >= 15 is 0 Å². The first kappa shape index (κ1) is 16.1. The van der Waals surface area contributed by atoms with E-state index in [1.54, 1.807) is 13.8 Å². The number of aliphatic carboxylic acids is 1. The molecule has 0 saturated carbocycles. The topological polar surface area (TPSA) is 92.7 Å². The molecule has 1 N–H and O–H groups in total. The van der Waals surface area contributed by atoms with E-state index in [0.29, 0.717) is 0 Å². The molecule has 8 nitrogen and oxygen atoms in total. The predicted molar refractivity (Wildman–Crippen MR) is 71.0 cm³/mol. The zero-order chi connectivity index (χ0) is 16.1. The van der Waals surface area contributed by atoms with Crippen LogP contribution >= 0.6 is 0 Å². The fourth-order valence-corrected chi connectivity index (χ4v) is 3.09. The Morgan fingerprint density at radius 2 is 1.59 bits per heavy atom. The van der Waals surface area contributed by atoms with Crippen LogP contribution < -0.4 is 0 Å². The molecule has 3 heterocycles. The van der Waals surface area contributed by atoms with Crippen molar-refractivity contribution in [1.29, 1.82) is 0 Å². The van der Waals surface area contributed by atoms with Crippen LogP contribution in [-0.4, -0.2) is 66.6 Å². The van der Waals surface area contributed by atoms with Gasteiger partial charge in [-0.1, -0.05) is 0 Å². The summed E-state index contributed by atoms with van der Waals surface area (Å²) in [6.07, 6.45) is -2.22. The third-order valence-corrected chi connectivity index (χ3v) is 3.76. The summed E-state index contributed by atoms with van der Waals surface area (Å²) in [5.74, 6) is -2.57. The summed E-state index contributed by atoms with van der Waals surface area (Å²) >= 11 is 0. The molecule has 3 rings (SSSR count). The monoisotopic (exact) mass is 318 g/mol. The lowest BCUT2D eigenvalue weighted by Crippen LogP contribution is -2.56. The maximum Gasteiger partial charge on any atom is 0.329 e. The van der Waals surface area contributed by atoms with E-state index in [-0.39, 0.29) is 12.7 Å². The molecule has 8 heteroatoms. The SMILES string of the molecule is CC1(C)OC2OC(COCC(=O)O)C3OC(C)(C)OC3C2O1. The minimum absolute atomic E-state index is 0.0832.